The number of carboxylic acids is 1. The van der Waals surface area contributed by atoms with Crippen molar-refractivity contribution >= 4 is 17.8 Å². The first-order valence-electron chi connectivity index (χ1n) is 6.61. The number of carbonyl (C=O) groups excluding carboxylic acids is 2. The Kier molecular flexibility index (Phi) is 5.94. The van der Waals surface area contributed by atoms with Crippen LogP contribution in [0.4, 0.5) is 0 Å². The molecule has 7 heteroatoms. The SMILES string of the molecule is COC(=O)C(CC(C)C)NC(=O)[C@@H]1CC[C@H](C(=O)O)O1. The summed E-state index contributed by atoms with van der Waals surface area (Å²) in [4.78, 5) is 34.3. The molecular weight excluding hydrogens is 266 g/mol. The summed E-state index contributed by atoms with van der Waals surface area (Å²) in [5.41, 5.74) is 0. The molecule has 1 amide bonds. The Morgan fingerprint density at radius 3 is 2.35 bits per heavy atom. The van der Waals surface area contributed by atoms with Crippen molar-refractivity contribution < 1.29 is 29.0 Å². The Bertz CT molecular complexity index is 381. The van der Waals surface area contributed by atoms with E-state index in [1.807, 2.05) is 13.8 Å². The van der Waals surface area contributed by atoms with E-state index >= 15 is 0 Å². The summed E-state index contributed by atoms with van der Waals surface area (Å²) in [5, 5.41) is 11.4. The normalized spacial score (nSPS) is 23.4. The van der Waals surface area contributed by atoms with Crippen LogP contribution in [0.2, 0.25) is 0 Å². The van der Waals surface area contributed by atoms with E-state index in [-0.39, 0.29) is 5.92 Å². The third kappa shape index (κ3) is 4.48. The van der Waals surface area contributed by atoms with Crippen LogP contribution in [0.15, 0.2) is 0 Å². The van der Waals surface area contributed by atoms with Gasteiger partial charge in [-0.1, -0.05) is 13.8 Å². The van der Waals surface area contributed by atoms with Gasteiger partial charge < -0.3 is 19.9 Å². The van der Waals surface area contributed by atoms with Crippen molar-refractivity contribution in [2.75, 3.05) is 7.11 Å². The van der Waals surface area contributed by atoms with Gasteiger partial charge in [-0.3, -0.25) is 4.79 Å². The average molecular weight is 287 g/mol. The molecule has 1 unspecified atom stereocenters. The van der Waals surface area contributed by atoms with Gasteiger partial charge in [0.1, 0.15) is 12.1 Å². The van der Waals surface area contributed by atoms with Gasteiger partial charge in [0.05, 0.1) is 7.11 Å². The number of methoxy groups -OCH3 is 1. The maximum atomic E-state index is 12.0. The standard InChI is InChI=1S/C13H21NO6/c1-7(2)6-8(13(18)19-3)14-11(15)9-4-5-10(20-9)12(16)17/h7-10H,4-6H2,1-3H3,(H,14,15)(H,16,17)/t8?,9-,10+/m0/s1. The Hall–Kier alpha value is -1.63. The van der Waals surface area contributed by atoms with Crippen LogP contribution < -0.4 is 5.32 Å². The lowest BCUT2D eigenvalue weighted by Gasteiger charge is -2.20. The topological polar surface area (TPSA) is 102 Å². The van der Waals surface area contributed by atoms with Crippen molar-refractivity contribution in [3.8, 4) is 0 Å². The van der Waals surface area contributed by atoms with Crippen molar-refractivity contribution in [3.63, 3.8) is 0 Å². The number of carboxylic acid groups (broad SMARTS) is 1. The van der Waals surface area contributed by atoms with Gasteiger partial charge in [-0.25, -0.2) is 9.59 Å². The van der Waals surface area contributed by atoms with Gasteiger partial charge in [0.25, 0.3) is 0 Å². The molecule has 0 bridgehead atoms. The number of esters is 1. The summed E-state index contributed by atoms with van der Waals surface area (Å²) in [7, 11) is 1.26. The van der Waals surface area contributed by atoms with Crippen LogP contribution >= 0.6 is 0 Å². The van der Waals surface area contributed by atoms with Gasteiger partial charge in [0, 0.05) is 0 Å². The van der Waals surface area contributed by atoms with E-state index < -0.39 is 36.1 Å². The molecule has 1 aliphatic rings. The van der Waals surface area contributed by atoms with Gasteiger partial charge in [0.2, 0.25) is 5.91 Å². The van der Waals surface area contributed by atoms with E-state index in [1.54, 1.807) is 0 Å². The zero-order valence-electron chi connectivity index (χ0n) is 11.9. The summed E-state index contributed by atoms with van der Waals surface area (Å²) < 4.78 is 9.79. The lowest BCUT2D eigenvalue weighted by Crippen LogP contribution is -2.46. The number of carbonyl (C=O) groups is 3. The van der Waals surface area contributed by atoms with E-state index in [0.717, 1.165) is 0 Å². The van der Waals surface area contributed by atoms with E-state index in [0.29, 0.717) is 19.3 Å². The molecule has 0 aliphatic carbocycles. The van der Waals surface area contributed by atoms with Crippen LogP contribution in [0, 0.1) is 5.92 Å². The summed E-state index contributed by atoms with van der Waals surface area (Å²) in [5.74, 6) is -1.85. The number of hydrogen-bond donors (Lipinski definition) is 2. The highest BCUT2D eigenvalue weighted by atomic mass is 16.5. The smallest absolute Gasteiger partial charge is 0.332 e. The van der Waals surface area contributed by atoms with Crippen LogP contribution in [-0.2, 0) is 23.9 Å². The summed E-state index contributed by atoms with van der Waals surface area (Å²) >= 11 is 0. The van der Waals surface area contributed by atoms with Gasteiger partial charge >= 0.3 is 11.9 Å². The molecule has 1 rings (SSSR count). The predicted octanol–water partition coefficient (Wildman–Crippen LogP) is 0.322. The fourth-order valence-corrected chi connectivity index (χ4v) is 2.10. The molecule has 0 aromatic carbocycles. The number of aliphatic carboxylic acids is 1. The van der Waals surface area contributed by atoms with Crippen LogP contribution in [-0.4, -0.2) is 48.3 Å². The second-order valence-electron chi connectivity index (χ2n) is 5.24. The van der Waals surface area contributed by atoms with E-state index in [1.165, 1.54) is 7.11 Å². The van der Waals surface area contributed by atoms with E-state index in [2.05, 4.69) is 10.1 Å². The molecule has 114 valence electrons. The number of amides is 1. The number of nitrogens with one attached hydrogen (secondary N) is 1. The number of hydrogen-bond acceptors (Lipinski definition) is 5. The van der Waals surface area contributed by atoms with Gasteiger partial charge in [-0.15, -0.1) is 0 Å². The minimum Gasteiger partial charge on any atom is -0.479 e. The van der Waals surface area contributed by atoms with E-state index in [9.17, 15) is 14.4 Å². The Balaban J connectivity index is 2.58. The number of ether oxygens (including phenoxy) is 2. The van der Waals surface area contributed by atoms with Crippen molar-refractivity contribution in [1.82, 2.24) is 5.32 Å². The molecule has 1 heterocycles. The lowest BCUT2D eigenvalue weighted by molar-refractivity contribution is -0.153. The maximum Gasteiger partial charge on any atom is 0.332 e. The maximum absolute atomic E-state index is 12.0. The van der Waals surface area contributed by atoms with Crippen LogP contribution in [0.3, 0.4) is 0 Å². The fraction of sp³-hybridized carbons (Fsp3) is 0.769. The van der Waals surface area contributed by atoms with Crippen LogP contribution in [0.1, 0.15) is 33.1 Å². The Morgan fingerprint density at radius 1 is 1.30 bits per heavy atom. The molecule has 3 atom stereocenters. The molecule has 20 heavy (non-hydrogen) atoms. The Labute approximate surface area is 117 Å². The average Bonchev–Trinajstić information content (AvgIpc) is 2.86. The minimum atomic E-state index is -1.08. The number of rotatable bonds is 6. The minimum absolute atomic E-state index is 0.204. The highest BCUT2D eigenvalue weighted by molar-refractivity contribution is 5.87. The molecule has 0 saturated carbocycles. The largest absolute Gasteiger partial charge is 0.479 e. The highest BCUT2D eigenvalue weighted by Crippen LogP contribution is 2.20. The summed E-state index contributed by atoms with van der Waals surface area (Å²) in [6, 6.07) is -0.736. The Morgan fingerprint density at radius 2 is 1.90 bits per heavy atom. The molecule has 2 N–H and O–H groups in total. The van der Waals surface area contributed by atoms with E-state index in [4.69, 9.17) is 9.84 Å². The monoisotopic (exact) mass is 287 g/mol. The molecule has 0 aromatic heterocycles. The molecule has 1 aliphatic heterocycles. The van der Waals surface area contributed by atoms with Crippen molar-refractivity contribution in [1.29, 1.82) is 0 Å². The molecule has 7 nitrogen and oxygen atoms in total. The van der Waals surface area contributed by atoms with Gasteiger partial charge in [0.15, 0.2) is 6.10 Å². The quantitative estimate of drug-likeness (QED) is 0.682. The van der Waals surface area contributed by atoms with Crippen LogP contribution in [0.25, 0.3) is 0 Å². The second kappa shape index (κ2) is 7.23. The zero-order chi connectivity index (χ0) is 15.3. The highest BCUT2D eigenvalue weighted by Gasteiger charge is 2.36. The molecule has 1 saturated heterocycles. The first-order chi connectivity index (χ1) is 9.35. The first-order valence-corrected chi connectivity index (χ1v) is 6.61. The van der Waals surface area contributed by atoms with Gasteiger partial charge in [-0.05, 0) is 25.2 Å². The second-order valence-corrected chi connectivity index (χ2v) is 5.24. The fourth-order valence-electron chi connectivity index (χ4n) is 2.10. The van der Waals surface area contributed by atoms with Crippen molar-refractivity contribution in [2.24, 2.45) is 5.92 Å². The third-order valence-corrected chi connectivity index (χ3v) is 3.10. The molecule has 0 radical (unpaired) electrons. The molecule has 0 aromatic rings. The molecular formula is C13H21NO6. The lowest BCUT2D eigenvalue weighted by atomic mass is 10.0. The first kappa shape index (κ1) is 16.4. The molecule has 0 spiro atoms. The van der Waals surface area contributed by atoms with Crippen LogP contribution in [0.5, 0.6) is 0 Å². The molecule has 1 fully saturated rings. The third-order valence-electron chi connectivity index (χ3n) is 3.10. The van der Waals surface area contributed by atoms with Crippen molar-refractivity contribution in [3.05, 3.63) is 0 Å². The van der Waals surface area contributed by atoms with Crippen molar-refractivity contribution in [2.45, 2.75) is 51.4 Å². The predicted molar refractivity (Wildman–Crippen MR) is 68.9 cm³/mol. The van der Waals surface area contributed by atoms with Gasteiger partial charge in [-0.2, -0.15) is 0 Å². The summed E-state index contributed by atoms with van der Waals surface area (Å²) in [6.07, 6.45) is -0.699. The summed E-state index contributed by atoms with van der Waals surface area (Å²) in [6.45, 7) is 3.85. The zero-order valence-corrected chi connectivity index (χ0v) is 11.9.